The molecule has 2 aromatic rings. The van der Waals surface area contributed by atoms with Gasteiger partial charge in [-0.1, -0.05) is 11.3 Å². The number of thiazole rings is 1. The Hall–Kier alpha value is -2.40. The Morgan fingerprint density at radius 1 is 1.32 bits per heavy atom. The zero-order valence-electron chi connectivity index (χ0n) is 15.6. The fourth-order valence-corrected chi connectivity index (χ4v) is 4.70. The number of ether oxygens (including phenoxy) is 1. The maximum absolute atomic E-state index is 12.6. The Bertz CT molecular complexity index is 981. The van der Waals surface area contributed by atoms with E-state index < -0.39 is 10.0 Å². The van der Waals surface area contributed by atoms with E-state index in [-0.39, 0.29) is 23.2 Å². The Labute approximate surface area is 167 Å². The number of nitrogens with one attached hydrogen (secondary N) is 2. The molecule has 3 rings (SSSR count). The molecule has 1 aliphatic rings. The van der Waals surface area contributed by atoms with Gasteiger partial charge in [0.1, 0.15) is 0 Å². The summed E-state index contributed by atoms with van der Waals surface area (Å²) >= 11 is 1.17. The summed E-state index contributed by atoms with van der Waals surface area (Å²) in [5.41, 5.74) is 1.10. The molecular formula is C17H22N4O5S2. The van der Waals surface area contributed by atoms with Crippen molar-refractivity contribution in [3.8, 4) is 0 Å². The number of piperidine rings is 1. The van der Waals surface area contributed by atoms with Gasteiger partial charge in [-0.2, -0.15) is 0 Å². The molecule has 2 heterocycles. The van der Waals surface area contributed by atoms with Gasteiger partial charge in [0.05, 0.1) is 23.1 Å². The Balaban J connectivity index is 1.61. The topological polar surface area (TPSA) is 118 Å². The number of fused-ring (bicyclic) bond motifs is 1. The van der Waals surface area contributed by atoms with E-state index in [9.17, 15) is 18.0 Å². The van der Waals surface area contributed by atoms with Crippen LogP contribution in [0.5, 0.6) is 0 Å². The summed E-state index contributed by atoms with van der Waals surface area (Å²) in [4.78, 5) is 30.1. The molecule has 9 nitrogen and oxygen atoms in total. The van der Waals surface area contributed by atoms with Crippen molar-refractivity contribution in [2.75, 3.05) is 30.7 Å². The van der Waals surface area contributed by atoms with Gasteiger partial charge >= 0.3 is 6.09 Å². The second kappa shape index (κ2) is 8.31. The van der Waals surface area contributed by atoms with Crippen molar-refractivity contribution in [2.24, 2.45) is 0 Å². The van der Waals surface area contributed by atoms with E-state index in [4.69, 9.17) is 4.74 Å². The first-order chi connectivity index (χ1) is 13.2. The van der Waals surface area contributed by atoms with Gasteiger partial charge in [0, 0.05) is 24.7 Å². The Morgan fingerprint density at radius 2 is 2.04 bits per heavy atom. The van der Waals surface area contributed by atoms with Crippen LogP contribution in [0.2, 0.25) is 0 Å². The van der Waals surface area contributed by atoms with Gasteiger partial charge < -0.3 is 15.0 Å². The van der Waals surface area contributed by atoms with Crippen LogP contribution < -0.4 is 10.0 Å². The second-order valence-corrected chi connectivity index (χ2v) is 9.29. The standard InChI is InChI=1S/C17H22N4O5S2/c1-3-26-17(23)21-8-6-12(7-9-21)18-15(22)11-4-5-13-14(10-11)27-16(19-13)20-28(2,24)25/h4-5,10,12H,3,6-9H2,1-2H3,(H,18,22)(H,19,20). The fourth-order valence-electron chi connectivity index (χ4n) is 2.96. The van der Waals surface area contributed by atoms with Crippen molar-refractivity contribution in [3.63, 3.8) is 0 Å². The van der Waals surface area contributed by atoms with Gasteiger partial charge in [0.2, 0.25) is 10.0 Å². The third-order valence-corrected chi connectivity index (χ3v) is 5.91. The molecule has 0 saturated carbocycles. The normalized spacial score (nSPS) is 15.4. The van der Waals surface area contributed by atoms with Crippen LogP contribution in [0.3, 0.4) is 0 Å². The molecule has 2 N–H and O–H groups in total. The predicted molar refractivity (Wildman–Crippen MR) is 107 cm³/mol. The van der Waals surface area contributed by atoms with Crippen molar-refractivity contribution in [2.45, 2.75) is 25.8 Å². The fraction of sp³-hybridized carbons (Fsp3) is 0.471. The van der Waals surface area contributed by atoms with Crippen LogP contribution in [0, 0.1) is 0 Å². The SMILES string of the molecule is CCOC(=O)N1CCC(NC(=O)c2ccc3nc(NS(C)(=O)=O)sc3c2)CC1. The molecule has 0 unspecified atom stereocenters. The third-order valence-electron chi connectivity index (χ3n) is 4.28. The molecule has 0 atom stereocenters. The van der Waals surface area contributed by atoms with Crippen molar-refractivity contribution in [1.82, 2.24) is 15.2 Å². The highest BCUT2D eigenvalue weighted by molar-refractivity contribution is 7.92. The van der Waals surface area contributed by atoms with Crippen molar-refractivity contribution >= 4 is 48.7 Å². The van der Waals surface area contributed by atoms with Crippen molar-refractivity contribution < 1.29 is 22.7 Å². The summed E-state index contributed by atoms with van der Waals surface area (Å²) < 4.78 is 30.7. The van der Waals surface area contributed by atoms with Crippen molar-refractivity contribution in [1.29, 1.82) is 0 Å². The number of likely N-dealkylation sites (tertiary alicyclic amines) is 1. The van der Waals surface area contributed by atoms with Gasteiger partial charge in [0.25, 0.3) is 5.91 Å². The minimum atomic E-state index is -3.40. The number of nitrogens with zero attached hydrogens (tertiary/aromatic N) is 2. The van der Waals surface area contributed by atoms with E-state index in [1.807, 2.05) is 0 Å². The highest BCUT2D eigenvalue weighted by Crippen LogP contribution is 2.27. The summed E-state index contributed by atoms with van der Waals surface area (Å²) in [5, 5.41) is 3.26. The second-order valence-electron chi connectivity index (χ2n) is 6.51. The molecule has 11 heteroatoms. The molecule has 2 amide bonds. The van der Waals surface area contributed by atoms with Gasteiger partial charge in [0.15, 0.2) is 5.13 Å². The maximum Gasteiger partial charge on any atom is 0.409 e. The minimum absolute atomic E-state index is 0.0159. The van der Waals surface area contributed by atoms with Gasteiger partial charge in [-0.25, -0.2) is 18.2 Å². The number of carbonyl (C=O) groups excluding carboxylic acids is 2. The molecular weight excluding hydrogens is 404 g/mol. The number of amides is 2. The average Bonchev–Trinajstić information content (AvgIpc) is 3.01. The summed E-state index contributed by atoms with van der Waals surface area (Å²) in [5.74, 6) is -0.206. The molecule has 152 valence electrons. The first-order valence-electron chi connectivity index (χ1n) is 8.86. The van der Waals surface area contributed by atoms with Crippen LogP contribution >= 0.6 is 11.3 Å². The molecule has 1 aliphatic heterocycles. The average molecular weight is 427 g/mol. The van der Waals surface area contributed by atoms with E-state index in [0.717, 1.165) is 11.0 Å². The zero-order valence-corrected chi connectivity index (χ0v) is 17.2. The molecule has 1 aromatic carbocycles. The lowest BCUT2D eigenvalue weighted by Crippen LogP contribution is -2.46. The summed E-state index contributed by atoms with van der Waals surface area (Å²) in [7, 11) is -3.40. The largest absolute Gasteiger partial charge is 0.450 e. The van der Waals surface area contributed by atoms with Crippen LogP contribution in [-0.2, 0) is 14.8 Å². The number of aromatic nitrogens is 1. The number of benzene rings is 1. The zero-order chi connectivity index (χ0) is 20.3. The summed E-state index contributed by atoms with van der Waals surface area (Å²) in [6.07, 6.45) is 2.07. The number of hydrogen-bond donors (Lipinski definition) is 2. The summed E-state index contributed by atoms with van der Waals surface area (Å²) in [6.45, 7) is 3.19. The summed E-state index contributed by atoms with van der Waals surface area (Å²) in [6, 6.07) is 5.04. The lowest BCUT2D eigenvalue weighted by molar-refractivity contribution is 0.0860. The predicted octanol–water partition coefficient (Wildman–Crippen LogP) is 2.02. The van der Waals surface area contributed by atoms with Crippen LogP contribution in [-0.4, -0.2) is 62.3 Å². The quantitative estimate of drug-likeness (QED) is 0.755. The molecule has 28 heavy (non-hydrogen) atoms. The van der Waals surface area contributed by atoms with Crippen molar-refractivity contribution in [3.05, 3.63) is 23.8 Å². The van der Waals surface area contributed by atoms with Crippen LogP contribution in [0.1, 0.15) is 30.1 Å². The number of carbonyl (C=O) groups is 2. The highest BCUT2D eigenvalue weighted by atomic mass is 32.2. The van der Waals surface area contributed by atoms with E-state index in [1.165, 1.54) is 11.3 Å². The lowest BCUT2D eigenvalue weighted by atomic mass is 10.0. The number of anilines is 1. The Morgan fingerprint density at radius 3 is 2.68 bits per heavy atom. The number of sulfonamides is 1. The third kappa shape index (κ3) is 5.10. The van der Waals surface area contributed by atoms with E-state index in [0.29, 0.717) is 43.6 Å². The van der Waals surface area contributed by atoms with Gasteiger partial charge in [-0.3, -0.25) is 9.52 Å². The highest BCUT2D eigenvalue weighted by Gasteiger charge is 2.25. The van der Waals surface area contributed by atoms with Crippen LogP contribution in [0.25, 0.3) is 10.2 Å². The smallest absolute Gasteiger partial charge is 0.409 e. The molecule has 0 spiro atoms. The van der Waals surface area contributed by atoms with Crippen LogP contribution in [0.15, 0.2) is 18.2 Å². The van der Waals surface area contributed by atoms with Gasteiger partial charge in [-0.05, 0) is 38.0 Å². The van der Waals surface area contributed by atoms with E-state index >= 15 is 0 Å². The molecule has 0 aliphatic carbocycles. The minimum Gasteiger partial charge on any atom is -0.450 e. The maximum atomic E-state index is 12.6. The molecule has 1 saturated heterocycles. The molecule has 1 fully saturated rings. The van der Waals surface area contributed by atoms with E-state index in [1.54, 1.807) is 30.0 Å². The molecule has 0 radical (unpaired) electrons. The van der Waals surface area contributed by atoms with Crippen LogP contribution in [0.4, 0.5) is 9.93 Å². The lowest BCUT2D eigenvalue weighted by Gasteiger charge is -2.31. The molecule has 1 aromatic heterocycles. The number of hydrogen-bond acceptors (Lipinski definition) is 7. The first kappa shape index (κ1) is 20.3. The first-order valence-corrected chi connectivity index (χ1v) is 11.6. The number of rotatable bonds is 5. The van der Waals surface area contributed by atoms with E-state index in [2.05, 4.69) is 15.0 Å². The monoisotopic (exact) mass is 426 g/mol. The van der Waals surface area contributed by atoms with Gasteiger partial charge in [-0.15, -0.1) is 0 Å². The Kier molecular flexibility index (Phi) is 6.04. The molecule has 0 bridgehead atoms.